The summed E-state index contributed by atoms with van der Waals surface area (Å²) < 4.78 is 11.6. The van der Waals surface area contributed by atoms with Crippen LogP contribution in [0.15, 0.2) is 96.9 Å². The summed E-state index contributed by atoms with van der Waals surface area (Å²) in [6.07, 6.45) is 14.5. The average molecular weight is 673 g/mol. The van der Waals surface area contributed by atoms with E-state index >= 15 is 0 Å². The van der Waals surface area contributed by atoms with Gasteiger partial charge in [0.2, 0.25) is 5.88 Å². The highest BCUT2D eigenvalue weighted by molar-refractivity contribution is 6.13. The van der Waals surface area contributed by atoms with E-state index < -0.39 is 0 Å². The van der Waals surface area contributed by atoms with Gasteiger partial charge in [-0.25, -0.2) is 4.98 Å². The van der Waals surface area contributed by atoms with E-state index in [2.05, 4.69) is 33.5 Å². The molecule has 2 heterocycles. The Balaban J connectivity index is 1.15. The number of nitrogens with zero attached hydrogens (tertiary/aromatic N) is 2. The molecule has 6 rings (SSSR count). The molecule has 2 aliphatic rings. The summed E-state index contributed by atoms with van der Waals surface area (Å²) in [5.74, 6) is 1.06. The van der Waals surface area contributed by atoms with Gasteiger partial charge in [0.1, 0.15) is 5.76 Å². The van der Waals surface area contributed by atoms with Crippen molar-refractivity contribution in [2.24, 2.45) is 0 Å². The number of rotatable bonds is 14. The molecule has 260 valence electrons. The Kier molecular flexibility index (Phi) is 12.3. The number of carbonyl (C=O) groups excluding carboxylic acids is 2. The summed E-state index contributed by atoms with van der Waals surface area (Å²) in [5, 5.41) is 6.09. The maximum Gasteiger partial charge on any atom is 0.257 e. The molecular formula is C42H48N4O4. The number of ether oxygens (including phenoxy) is 2. The molecule has 2 amide bonds. The Morgan fingerprint density at radius 3 is 2.42 bits per heavy atom. The summed E-state index contributed by atoms with van der Waals surface area (Å²) in [6.45, 7) is 5.46. The number of aryl methyl sites for hydroxylation is 1. The summed E-state index contributed by atoms with van der Waals surface area (Å²) >= 11 is 0. The number of carbonyl (C=O) groups is 2. The first-order valence-electron chi connectivity index (χ1n) is 18.2. The van der Waals surface area contributed by atoms with Crippen molar-refractivity contribution < 1.29 is 19.1 Å². The summed E-state index contributed by atoms with van der Waals surface area (Å²) in [4.78, 5) is 34.2. The van der Waals surface area contributed by atoms with Crippen LogP contribution < -0.4 is 20.3 Å². The molecule has 1 aliphatic carbocycles. The first kappa shape index (κ1) is 34.9. The van der Waals surface area contributed by atoms with E-state index in [0.29, 0.717) is 35.0 Å². The minimum atomic E-state index is -0.284. The summed E-state index contributed by atoms with van der Waals surface area (Å²) in [7, 11) is 0. The molecule has 1 saturated heterocycles. The number of aromatic nitrogens is 1. The Bertz CT molecular complexity index is 1760. The molecule has 8 nitrogen and oxygen atoms in total. The first-order chi connectivity index (χ1) is 24.6. The molecular weight excluding hydrogens is 624 g/mol. The topological polar surface area (TPSA) is 92.8 Å². The van der Waals surface area contributed by atoms with Crippen LogP contribution in [0, 0.1) is 0 Å². The lowest BCUT2D eigenvalue weighted by Gasteiger charge is -2.29. The highest BCUT2D eigenvalue weighted by Gasteiger charge is 2.19. The molecule has 0 bridgehead atoms. The van der Waals surface area contributed by atoms with Gasteiger partial charge in [0, 0.05) is 67.5 Å². The molecule has 4 aromatic rings. The fraction of sp³-hybridized carbons (Fsp3) is 0.357. The second-order valence-corrected chi connectivity index (χ2v) is 13.1. The maximum absolute atomic E-state index is 13.9. The number of benzene rings is 3. The Hall–Kier alpha value is -4.95. The van der Waals surface area contributed by atoms with Crippen LogP contribution in [-0.2, 0) is 11.2 Å². The van der Waals surface area contributed by atoms with Crippen LogP contribution in [0.25, 0.3) is 11.1 Å². The average Bonchev–Trinajstić information content (AvgIpc) is 3.16. The van der Waals surface area contributed by atoms with Gasteiger partial charge in [-0.2, -0.15) is 0 Å². The Morgan fingerprint density at radius 2 is 1.66 bits per heavy atom. The third kappa shape index (κ3) is 9.60. The lowest BCUT2D eigenvalue weighted by atomic mass is 10.0. The molecule has 0 saturated carbocycles. The maximum atomic E-state index is 13.9. The van der Waals surface area contributed by atoms with E-state index in [1.807, 2.05) is 79.0 Å². The number of nitrogens with one attached hydrogen (secondary N) is 2. The molecule has 2 N–H and O–H groups in total. The van der Waals surface area contributed by atoms with Crippen LogP contribution in [0.1, 0.15) is 91.0 Å². The number of amides is 2. The van der Waals surface area contributed by atoms with Crippen LogP contribution in [0.4, 0.5) is 17.1 Å². The van der Waals surface area contributed by atoms with Crippen molar-refractivity contribution in [2.75, 3.05) is 41.8 Å². The summed E-state index contributed by atoms with van der Waals surface area (Å²) in [6, 6.07) is 25.0. The van der Waals surface area contributed by atoms with Gasteiger partial charge in [-0.15, -0.1) is 0 Å². The van der Waals surface area contributed by atoms with Crippen molar-refractivity contribution in [3.05, 3.63) is 114 Å². The number of anilines is 3. The highest BCUT2D eigenvalue weighted by atomic mass is 16.5. The van der Waals surface area contributed by atoms with E-state index in [0.717, 1.165) is 99.2 Å². The lowest BCUT2D eigenvalue weighted by molar-refractivity contribution is 0.102. The SMILES string of the molecule is CCCOCCCc1cccc(C(=O)Nc2ccc(N3CCCCC3)cc2C(=O)Nc2ccc(-c3ccc(OC4=CCCCC4)nc3)cc2)c1. The van der Waals surface area contributed by atoms with Gasteiger partial charge in [0.25, 0.3) is 11.8 Å². The van der Waals surface area contributed by atoms with Crippen LogP contribution in [-0.4, -0.2) is 43.1 Å². The van der Waals surface area contributed by atoms with Crippen LogP contribution in [0.5, 0.6) is 5.88 Å². The number of pyridine rings is 1. The van der Waals surface area contributed by atoms with E-state index in [-0.39, 0.29) is 11.8 Å². The van der Waals surface area contributed by atoms with Gasteiger partial charge in [-0.05, 0) is 124 Å². The van der Waals surface area contributed by atoms with E-state index in [4.69, 9.17) is 9.47 Å². The van der Waals surface area contributed by atoms with Crippen molar-refractivity contribution in [3.63, 3.8) is 0 Å². The zero-order valence-electron chi connectivity index (χ0n) is 29.1. The predicted octanol–water partition coefficient (Wildman–Crippen LogP) is 9.44. The van der Waals surface area contributed by atoms with Crippen LogP contribution in [0.2, 0.25) is 0 Å². The second kappa shape index (κ2) is 17.6. The third-order valence-electron chi connectivity index (χ3n) is 9.21. The van der Waals surface area contributed by atoms with Gasteiger partial charge in [0.15, 0.2) is 0 Å². The second-order valence-electron chi connectivity index (χ2n) is 13.1. The molecule has 0 atom stereocenters. The van der Waals surface area contributed by atoms with Crippen molar-refractivity contribution in [1.82, 2.24) is 4.98 Å². The fourth-order valence-corrected chi connectivity index (χ4v) is 6.46. The van der Waals surface area contributed by atoms with Crippen molar-refractivity contribution in [3.8, 4) is 17.0 Å². The zero-order valence-corrected chi connectivity index (χ0v) is 29.1. The van der Waals surface area contributed by atoms with Gasteiger partial charge in [0.05, 0.1) is 11.3 Å². The molecule has 0 spiro atoms. The third-order valence-corrected chi connectivity index (χ3v) is 9.21. The highest BCUT2D eigenvalue weighted by Crippen LogP contribution is 2.29. The molecule has 1 aromatic heterocycles. The number of hydrogen-bond donors (Lipinski definition) is 2. The minimum Gasteiger partial charge on any atom is -0.444 e. The standard InChI is InChI=1S/C42H48N4O4/c1-2-26-49-27-10-12-31-11-9-13-33(28-31)41(47)45-39-22-21-36(46-24-7-4-8-25-46)29-38(39)42(48)44-35-19-16-32(17-20-35)34-18-23-40(43-30-34)50-37-14-5-3-6-15-37/h9,11,13-14,16-23,28-30H,2-8,10,12,15,24-27H2,1H3,(H,44,48)(H,45,47). The Labute approximate surface area is 295 Å². The van der Waals surface area contributed by atoms with E-state index in [1.54, 1.807) is 6.07 Å². The van der Waals surface area contributed by atoms with Crippen LogP contribution >= 0.6 is 0 Å². The smallest absolute Gasteiger partial charge is 0.257 e. The van der Waals surface area contributed by atoms with Crippen molar-refractivity contribution in [2.45, 2.75) is 71.1 Å². The van der Waals surface area contributed by atoms with Crippen molar-refractivity contribution >= 4 is 28.9 Å². The molecule has 1 aliphatic heterocycles. The van der Waals surface area contributed by atoms with Crippen LogP contribution in [0.3, 0.4) is 0 Å². The number of piperidine rings is 1. The minimum absolute atomic E-state index is 0.251. The fourth-order valence-electron chi connectivity index (χ4n) is 6.46. The van der Waals surface area contributed by atoms with Gasteiger partial charge < -0.3 is 25.0 Å². The predicted molar refractivity (Wildman–Crippen MR) is 201 cm³/mol. The molecule has 1 fully saturated rings. The molecule has 0 unspecified atom stereocenters. The largest absolute Gasteiger partial charge is 0.444 e. The molecule has 0 radical (unpaired) electrons. The normalized spacial score (nSPS) is 14.5. The Morgan fingerprint density at radius 1 is 0.820 bits per heavy atom. The summed E-state index contributed by atoms with van der Waals surface area (Å²) in [5.41, 5.74) is 6.11. The van der Waals surface area contributed by atoms with Gasteiger partial charge in [-0.3, -0.25) is 9.59 Å². The van der Waals surface area contributed by atoms with Crippen molar-refractivity contribution in [1.29, 1.82) is 0 Å². The molecule has 8 heteroatoms. The van der Waals surface area contributed by atoms with E-state index in [9.17, 15) is 9.59 Å². The molecule has 3 aromatic carbocycles. The molecule has 50 heavy (non-hydrogen) atoms. The monoisotopic (exact) mass is 672 g/mol. The zero-order chi connectivity index (χ0) is 34.5. The number of hydrogen-bond acceptors (Lipinski definition) is 6. The first-order valence-corrected chi connectivity index (χ1v) is 18.2. The van der Waals surface area contributed by atoms with Gasteiger partial charge in [-0.1, -0.05) is 31.2 Å². The number of allylic oxidation sites excluding steroid dienone is 2. The van der Waals surface area contributed by atoms with Gasteiger partial charge >= 0.3 is 0 Å². The van der Waals surface area contributed by atoms with E-state index in [1.165, 1.54) is 12.8 Å². The quantitative estimate of drug-likeness (QED) is 0.130. The lowest BCUT2D eigenvalue weighted by Crippen LogP contribution is -2.29.